The third-order valence-electron chi connectivity index (χ3n) is 2.28. The van der Waals surface area contributed by atoms with Gasteiger partial charge in [-0.15, -0.1) is 6.58 Å². The number of hydrogen-bond acceptors (Lipinski definition) is 1. The third-order valence-corrected chi connectivity index (χ3v) is 2.28. The lowest BCUT2D eigenvalue weighted by molar-refractivity contribution is 0.105. The molecule has 1 aliphatic carbocycles. The van der Waals surface area contributed by atoms with E-state index in [2.05, 4.69) is 20.4 Å². The van der Waals surface area contributed by atoms with Crippen molar-refractivity contribution in [2.24, 2.45) is 5.41 Å². The van der Waals surface area contributed by atoms with E-state index in [4.69, 9.17) is 0 Å². The van der Waals surface area contributed by atoms with Crippen LogP contribution in [0.5, 0.6) is 0 Å². The molecular weight excluding hydrogens is 136 g/mol. The normalized spacial score (nSPS) is 28.3. The molecular formula is C10H16O. The van der Waals surface area contributed by atoms with Crippen LogP contribution in [-0.2, 0) is 0 Å². The zero-order valence-corrected chi connectivity index (χ0v) is 7.30. The molecule has 0 saturated carbocycles. The minimum atomic E-state index is -0.266. The van der Waals surface area contributed by atoms with Gasteiger partial charge < -0.3 is 5.11 Å². The first-order chi connectivity index (χ1) is 5.06. The molecule has 0 aromatic carbocycles. The Hall–Kier alpha value is -0.560. The minimum absolute atomic E-state index is 0.0400. The maximum Gasteiger partial charge on any atom is 0.0777 e. The summed E-state index contributed by atoms with van der Waals surface area (Å²) in [7, 11) is 0. The van der Waals surface area contributed by atoms with Gasteiger partial charge in [0.25, 0.3) is 0 Å². The Kier molecular flexibility index (Phi) is 2.19. The molecule has 0 bridgehead atoms. The largest absolute Gasteiger partial charge is 0.388 e. The van der Waals surface area contributed by atoms with Gasteiger partial charge in [0.15, 0.2) is 0 Å². The number of aliphatic hydroxyl groups excluding tert-OH is 1. The van der Waals surface area contributed by atoms with Crippen LogP contribution in [0.1, 0.15) is 26.7 Å². The second kappa shape index (κ2) is 2.82. The summed E-state index contributed by atoms with van der Waals surface area (Å²) in [6.45, 7) is 7.85. The van der Waals surface area contributed by atoms with E-state index in [-0.39, 0.29) is 11.5 Å². The third kappa shape index (κ3) is 1.72. The summed E-state index contributed by atoms with van der Waals surface area (Å²) in [5.74, 6) is 0. The molecule has 0 radical (unpaired) electrons. The molecule has 1 heteroatoms. The fraction of sp³-hybridized carbons (Fsp3) is 0.600. The van der Waals surface area contributed by atoms with E-state index in [0.717, 1.165) is 12.8 Å². The van der Waals surface area contributed by atoms with Crippen molar-refractivity contribution in [3.8, 4) is 0 Å². The molecule has 0 amide bonds. The molecule has 1 unspecified atom stereocenters. The van der Waals surface area contributed by atoms with Gasteiger partial charge in [-0.25, -0.2) is 0 Å². The average Bonchev–Trinajstić information content (AvgIpc) is 2.08. The van der Waals surface area contributed by atoms with Crippen LogP contribution in [0.25, 0.3) is 0 Å². The predicted molar refractivity (Wildman–Crippen MR) is 47.3 cm³/mol. The molecule has 1 aliphatic rings. The van der Waals surface area contributed by atoms with Crippen molar-refractivity contribution in [2.45, 2.75) is 32.8 Å². The standard InChI is InChI=1S/C10H16O/c1-4-5-8-6-9(11)10(2,3)7-8/h4,6,9,11H,1,5,7H2,2-3H3. The van der Waals surface area contributed by atoms with E-state index >= 15 is 0 Å². The van der Waals surface area contributed by atoms with E-state index < -0.39 is 0 Å². The maximum atomic E-state index is 9.54. The molecule has 1 atom stereocenters. The summed E-state index contributed by atoms with van der Waals surface area (Å²) in [5.41, 5.74) is 1.36. The zero-order chi connectivity index (χ0) is 8.48. The quantitative estimate of drug-likeness (QED) is 0.602. The second-order valence-corrected chi connectivity index (χ2v) is 3.93. The monoisotopic (exact) mass is 152 g/mol. The fourth-order valence-corrected chi connectivity index (χ4v) is 1.52. The van der Waals surface area contributed by atoms with Crippen LogP contribution in [0.3, 0.4) is 0 Å². The van der Waals surface area contributed by atoms with E-state index in [1.807, 2.05) is 12.2 Å². The van der Waals surface area contributed by atoms with Gasteiger partial charge in [0.2, 0.25) is 0 Å². The minimum Gasteiger partial charge on any atom is -0.388 e. The van der Waals surface area contributed by atoms with Gasteiger partial charge in [-0.2, -0.15) is 0 Å². The van der Waals surface area contributed by atoms with Gasteiger partial charge in [-0.1, -0.05) is 31.6 Å². The molecule has 11 heavy (non-hydrogen) atoms. The summed E-state index contributed by atoms with van der Waals surface area (Å²) >= 11 is 0. The van der Waals surface area contributed by atoms with Crippen molar-refractivity contribution in [2.75, 3.05) is 0 Å². The van der Waals surface area contributed by atoms with Crippen LogP contribution in [0.4, 0.5) is 0 Å². The van der Waals surface area contributed by atoms with Crippen LogP contribution in [0.15, 0.2) is 24.3 Å². The van der Waals surface area contributed by atoms with Gasteiger partial charge in [0.05, 0.1) is 6.10 Å². The van der Waals surface area contributed by atoms with Gasteiger partial charge in [-0.3, -0.25) is 0 Å². The Bertz CT molecular complexity index is 189. The van der Waals surface area contributed by atoms with Crippen molar-refractivity contribution >= 4 is 0 Å². The zero-order valence-electron chi connectivity index (χ0n) is 7.30. The van der Waals surface area contributed by atoms with E-state index in [1.54, 1.807) is 0 Å². The highest BCUT2D eigenvalue weighted by Gasteiger charge is 2.32. The van der Waals surface area contributed by atoms with Crippen molar-refractivity contribution in [1.29, 1.82) is 0 Å². The average molecular weight is 152 g/mol. The Morgan fingerprint density at radius 2 is 2.45 bits per heavy atom. The van der Waals surface area contributed by atoms with Crippen LogP contribution >= 0.6 is 0 Å². The smallest absolute Gasteiger partial charge is 0.0777 e. The Morgan fingerprint density at radius 3 is 2.82 bits per heavy atom. The van der Waals surface area contributed by atoms with Crippen LogP contribution in [0.2, 0.25) is 0 Å². The molecule has 0 aromatic rings. The first-order valence-corrected chi connectivity index (χ1v) is 4.05. The number of hydrogen-bond donors (Lipinski definition) is 1. The molecule has 0 aromatic heterocycles. The van der Waals surface area contributed by atoms with E-state index in [0.29, 0.717) is 0 Å². The Morgan fingerprint density at radius 1 is 1.82 bits per heavy atom. The SMILES string of the molecule is C=CCC1=CC(O)C(C)(C)C1. The lowest BCUT2D eigenvalue weighted by atomic mass is 9.87. The highest BCUT2D eigenvalue weighted by molar-refractivity contribution is 5.19. The maximum absolute atomic E-state index is 9.54. The van der Waals surface area contributed by atoms with Gasteiger partial charge >= 0.3 is 0 Å². The highest BCUT2D eigenvalue weighted by atomic mass is 16.3. The van der Waals surface area contributed by atoms with Crippen LogP contribution in [-0.4, -0.2) is 11.2 Å². The van der Waals surface area contributed by atoms with E-state index in [9.17, 15) is 5.11 Å². The molecule has 0 aliphatic heterocycles. The molecule has 0 saturated heterocycles. The summed E-state index contributed by atoms with van der Waals surface area (Å²) < 4.78 is 0. The van der Waals surface area contributed by atoms with Gasteiger partial charge in [0.1, 0.15) is 0 Å². The van der Waals surface area contributed by atoms with Crippen molar-refractivity contribution in [1.82, 2.24) is 0 Å². The van der Waals surface area contributed by atoms with E-state index in [1.165, 1.54) is 5.57 Å². The number of rotatable bonds is 2. The fourth-order valence-electron chi connectivity index (χ4n) is 1.52. The molecule has 0 spiro atoms. The van der Waals surface area contributed by atoms with Crippen LogP contribution < -0.4 is 0 Å². The Labute approximate surface area is 68.4 Å². The van der Waals surface area contributed by atoms with Gasteiger partial charge in [-0.05, 0) is 18.3 Å². The van der Waals surface area contributed by atoms with Crippen molar-refractivity contribution in [3.63, 3.8) is 0 Å². The summed E-state index contributed by atoms with van der Waals surface area (Å²) in [5, 5.41) is 9.54. The molecule has 1 nitrogen and oxygen atoms in total. The lowest BCUT2D eigenvalue weighted by Gasteiger charge is -2.21. The van der Waals surface area contributed by atoms with Crippen molar-refractivity contribution < 1.29 is 5.11 Å². The summed E-state index contributed by atoms with van der Waals surface area (Å²) in [4.78, 5) is 0. The second-order valence-electron chi connectivity index (χ2n) is 3.93. The van der Waals surface area contributed by atoms with Crippen LogP contribution in [0, 0.1) is 5.41 Å². The number of allylic oxidation sites excluding steroid dienone is 2. The van der Waals surface area contributed by atoms with Crippen molar-refractivity contribution in [3.05, 3.63) is 24.3 Å². The highest BCUT2D eigenvalue weighted by Crippen LogP contribution is 2.37. The van der Waals surface area contributed by atoms with Gasteiger partial charge in [0, 0.05) is 0 Å². The molecule has 62 valence electrons. The Balaban J connectivity index is 2.63. The number of aliphatic hydroxyl groups is 1. The predicted octanol–water partition coefficient (Wildman–Crippen LogP) is 2.28. The molecule has 0 fully saturated rings. The lowest BCUT2D eigenvalue weighted by Crippen LogP contribution is -2.22. The first-order valence-electron chi connectivity index (χ1n) is 4.05. The molecule has 1 N–H and O–H groups in total. The summed E-state index contributed by atoms with van der Waals surface area (Å²) in [6.07, 6.45) is 5.50. The molecule has 0 heterocycles. The summed E-state index contributed by atoms with van der Waals surface area (Å²) in [6, 6.07) is 0. The topological polar surface area (TPSA) is 20.2 Å². The molecule has 1 rings (SSSR count). The first kappa shape index (κ1) is 8.54.